The number of hydrogen-bond donors (Lipinski definition) is 0. The summed E-state index contributed by atoms with van der Waals surface area (Å²) >= 11 is 0. The molecule has 0 rings (SSSR count). The van der Waals surface area contributed by atoms with Gasteiger partial charge in [-0.1, -0.05) is 65.7 Å². The molecule has 0 radical (unpaired) electrons. The van der Waals surface area contributed by atoms with Crippen LogP contribution in [-0.4, -0.2) is 12.6 Å². The zero-order valence-electron chi connectivity index (χ0n) is 13.4. The third-order valence-corrected chi connectivity index (χ3v) is 2.95. The Hall–Kier alpha value is -1.05. The lowest BCUT2D eigenvalue weighted by molar-refractivity contribution is -0.139. The second-order valence-corrected chi connectivity index (χ2v) is 4.61. The third kappa shape index (κ3) is 14.9. The summed E-state index contributed by atoms with van der Waals surface area (Å²) in [5, 5.41) is 0. The van der Waals surface area contributed by atoms with Crippen LogP contribution in [0.4, 0.5) is 0 Å². The fourth-order valence-corrected chi connectivity index (χ4v) is 1.19. The Balaban J connectivity index is 0. The molecule has 0 aliphatic rings. The van der Waals surface area contributed by atoms with Gasteiger partial charge in [-0.15, -0.1) is 0 Å². The van der Waals surface area contributed by atoms with Crippen LogP contribution in [0.2, 0.25) is 0 Å². The molecule has 0 unspecified atom stereocenters. The van der Waals surface area contributed by atoms with E-state index in [1.165, 1.54) is 18.4 Å². The van der Waals surface area contributed by atoms with Crippen molar-refractivity contribution in [3.05, 3.63) is 24.3 Å². The molecule has 0 atom stereocenters. The molecule has 0 aliphatic heterocycles. The van der Waals surface area contributed by atoms with Gasteiger partial charge in [0, 0.05) is 5.57 Å². The quantitative estimate of drug-likeness (QED) is 0.241. The van der Waals surface area contributed by atoms with Gasteiger partial charge in [-0.25, -0.2) is 4.79 Å². The molecular weight excluding hydrogens is 236 g/mol. The van der Waals surface area contributed by atoms with Crippen LogP contribution < -0.4 is 0 Å². The van der Waals surface area contributed by atoms with E-state index in [0.29, 0.717) is 18.6 Å². The molecule has 0 fully saturated rings. The predicted octanol–water partition coefficient (Wildman–Crippen LogP) is 5.44. The second-order valence-electron chi connectivity index (χ2n) is 4.61. The maximum Gasteiger partial charge on any atom is 0.333 e. The molecule has 0 aliphatic carbocycles. The molecule has 0 amide bonds. The summed E-state index contributed by atoms with van der Waals surface area (Å²) in [4.78, 5) is 11.1. The molecule has 2 heteroatoms. The van der Waals surface area contributed by atoms with Gasteiger partial charge in [-0.2, -0.15) is 0 Å². The molecule has 0 spiro atoms. The van der Waals surface area contributed by atoms with Crippen LogP contribution in [0.5, 0.6) is 0 Å². The van der Waals surface area contributed by atoms with Gasteiger partial charge in [0.05, 0.1) is 6.61 Å². The van der Waals surface area contributed by atoms with Crippen molar-refractivity contribution in [1.29, 1.82) is 0 Å². The van der Waals surface area contributed by atoms with E-state index >= 15 is 0 Å². The number of allylic oxidation sites excluding steroid dienone is 1. The number of ether oxygens (including phenoxy) is 1. The summed E-state index contributed by atoms with van der Waals surface area (Å²) in [6, 6.07) is 0. The Morgan fingerprint density at radius 3 is 1.84 bits per heavy atom. The maximum atomic E-state index is 11.1. The Morgan fingerprint density at radius 2 is 1.47 bits per heavy atom. The largest absolute Gasteiger partial charge is 0.462 e. The zero-order chi connectivity index (χ0) is 15.1. The fourth-order valence-electron chi connectivity index (χ4n) is 1.19. The molecule has 19 heavy (non-hydrogen) atoms. The molecule has 0 aromatic heterocycles. The second kappa shape index (κ2) is 15.0. The average molecular weight is 268 g/mol. The summed E-state index contributed by atoms with van der Waals surface area (Å²) in [6.45, 7) is 16.3. The summed E-state index contributed by atoms with van der Waals surface area (Å²) < 4.78 is 5.00. The molecule has 0 saturated heterocycles. The topological polar surface area (TPSA) is 26.3 Å². The molecule has 0 aromatic carbocycles. The monoisotopic (exact) mass is 268 g/mol. The van der Waals surface area contributed by atoms with Gasteiger partial charge in [0.1, 0.15) is 0 Å². The van der Waals surface area contributed by atoms with Crippen molar-refractivity contribution in [3.63, 3.8) is 0 Å². The minimum atomic E-state index is -0.237. The van der Waals surface area contributed by atoms with Crippen molar-refractivity contribution in [2.24, 2.45) is 0 Å². The average Bonchev–Trinajstić information content (AvgIpc) is 2.45. The number of hydrogen-bond acceptors (Lipinski definition) is 2. The first-order valence-electron chi connectivity index (χ1n) is 7.54. The van der Waals surface area contributed by atoms with E-state index in [4.69, 9.17) is 4.74 Å². The zero-order valence-corrected chi connectivity index (χ0v) is 13.4. The normalized spacial score (nSPS) is 9.26. The molecule has 0 bridgehead atoms. The molecule has 2 nitrogen and oxygen atoms in total. The van der Waals surface area contributed by atoms with Crippen LogP contribution in [0.1, 0.15) is 72.6 Å². The predicted molar refractivity (Wildman–Crippen MR) is 84.3 cm³/mol. The third-order valence-electron chi connectivity index (χ3n) is 2.95. The van der Waals surface area contributed by atoms with Crippen LogP contribution in [-0.2, 0) is 9.53 Å². The van der Waals surface area contributed by atoms with Crippen LogP contribution in [0.25, 0.3) is 0 Å². The van der Waals surface area contributed by atoms with E-state index in [-0.39, 0.29) is 5.97 Å². The fraction of sp³-hybridized carbons (Fsp3) is 0.706. The number of esters is 1. The van der Waals surface area contributed by atoms with E-state index in [1.807, 2.05) is 6.92 Å². The molecule has 112 valence electrons. The first-order chi connectivity index (χ1) is 9.03. The highest BCUT2D eigenvalue weighted by atomic mass is 16.5. The first-order valence-corrected chi connectivity index (χ1v) is 7.54. The first kappa shape index (κ1) is 20.3. The standard InChI is InChI=1S/C11H20O2.C6H12/c1-4-6-7-8-9-13-11(12)10(3)5-2;1-4-6(3)5-2/h3-9H2,1-2H3;3-5H2,1-2H3. The number of carbonyl (C=O) groups is 1. The van der Waals surface area contributed by atoms with E-state index in [1.54, 1.807) is 0 Å². The van der Waals surface area contributed by atoms with Gasteiger partial charge in [-0.05, 0) is 25.7 Å². The van der Waals surface area contributed by atoms with E-state index in [9.17, 15) is 4.79 Å². The van der Waals surface area contributed by atoms with Crippen molar-refractivity contribution in [3.8, 4) is 0 Å². The Labute approximate surface area is 119 Å². The van der Waals surface area contributed by atoms with Crippen LogP contribution in [0.3, 0.4) is 0 Å². The van der Waals surface area contributed by atoms with Gasteiger partial charge in [-0.3, -0.25) is 0 Å². The lowest BCUT2D eigenvalue weighted by atomic mass is 10.2. The van der Waals surface area contributed by atoms with Crippen molar-refractivity contribution in [2.45, 2.75) is 72.6 Å². The van der Waals surface area contributed by atoms with Crippen molar-refractivity contribution in [2.75, 3.05) is 6.61 Å². The molecule has 0 N–H and O–H groups in total. The van der Waals surface area contributed by atoms with Crippen molar-refractivity contribution < 1.29 is 9.53 Å². The van der Waals surface area contributed by atoms with Crippen molar-refractivity contribution >= 4 is 5.97 Å². The Bertz CT molecular complexity index is 248. The van der Waals surface area contributed by atoms with Gasteiger partial charge in [0.15, 0.2) is 0 Å². The molecule has 0 heterocycles. The highest BCUT2D eigenvalue weighted by Crippen LogP contribution is 2.03. The highest BCUT2D eigenvalue weighted by molar-refractivity contribution is 5.87. The summed E-state index contributed by atoms with van der Waals surface area (Å²) in [5.74, 6) is -0.237. The number of unbranched alkanes of at least 4 members (excludes halogenated alkanes) is 3. The van der Waals surface area contributed by atoms with Gasteiger partial charge >= 0.3 is 5.97 Å². The summed E-state index contributed by atoms with van der Waals surface area (Å²) in [6.07, 6.45) is 7.47. The molecular formula is C17H32O2. The molecule has 0 saturated carbocycles. The maximum absolute atomic E-state index is 11.1. The summed E-state index contributed by atoms with van der Waals surface area (Å²) in [5.41, 5.74) is 1.91. The number of rotatable bonds is 9. The van der Waals surface area contributed by atoms with E-state index in [0.717, 1.165) is 25.7 Å². The smallest absolute Gasteiger partial charge is 0.333 e. The van der Waals surface area contributed by atoms with Crippen LogP contribution >= 0.6 is 0 Å². The Morgan fingerprint density at radius 1 is 0.895 bits per heavy atom. The highest BCUT2D eigenvalue weighted by Gasteiger charge is 2.04. The van der Waals surface area contributed by atoms with Crippen molar-refractivity contribution in [1.82, 2.24) is 0 Å². The minimum Gasteiger partial charge on any atom is -0.462 e. The number of carbonyl (C=O) groups excluding carboxylic acids is 1. The van der Waals surface area contributed by atoms with Crippen LogP contribution in [0.15, 0.2) is 24.3 Å². The van der Waals surface area contributed by atoms with E-state index < -0.39 is 0 Å². The molecule has 0 aromatic rings. The lowest BCUT2D eigenvalue weighted by Crippen LogP contribution is -2.07. The van der Waals surface area contributed by atoms with E-state index in [2.05, 4.69) is 33.9 Å². The lowest BCUT2D eigenvalue weighted by Gasteiger charge is -2.04. The minimum absolute atomic E-state index is 0.237. The van der Waals surface area contributed by atoms with Gasteiger partial charge in [0.25, 0.3) is 0 Å². The van der Waals surface area contributed by atoms with Crippen LogP contribution in [0, 0.1) is 0 Å². The Kier molecular flexibility index (Phi) is 16.0. The summed E-state index contributed by atoms with van der Waals surface area (Å²) in [7, 11) is 0. The van der Waals surface area contributed by atoms with Gasteiger partial charge in [0.2, 0.25) is 0 Å². The SMILES string of the molecule is C=C(CC)C(=O)OCCCCCC.C=C(CC)CC. The van der Waals surface area contributed by atoms with Gasteiger partial charge < -0.3 is 4.74 Å².